The second-order valence-corrected chi connectivity index (χ2v) is 6.28. The Kier molecular flexibility index (Phi) is 5.11. The summed E-state index contributed by atoms with van der Waals surface area (Å²) in [6, 6.07) is 4.39. The summed E-state index contributed by atoms with van der Waals surface area (Å²) in [5.41, 5.74) is 1.44. The van der Waals surface area contributed by atoms with Gasteiger partial charge in [-0.15, -0.1) is 0 Å². The van der Waals surface area contributed by atoms with Crippen molar-refractivity contribution in [3.05, 3.63) is 23.8 Å². The molecule has 24 heavy (non-hydrogen) atoms. The second-order valence-electron chi connectivity index (χ2n) is 6.28. The molecule has 130 valence electrons. The number of carbonyl (C=O) groups excluding carboxylic acids is 2. The molecule has 0 saturated carbocycles. The summed E-state index contributed by atoms with van der Waals surface area (Å²) in [7, 11) is 0. The van der Waals surface area contributed by atoms with E-state index in [1.54, 1.807) is 32.9 Å². The van der Waals surface area contributed by atoms with Crippen molar-refractivity contribution in [1.82, 2.24) is 5.32 Å². The Morgan fingerprint density at radius 1 is 1.38 bits per heavy atom. The first-order valence-electron chi connectivity index (χ1n) is 7.81. The number of amides is 2. The highest BCUT2D eigenvalue weighted by atomic mass is 16.5. The monoisotopic (exact) mass is 334 g/mol. The molecule has 0 radical (unpaired) electrons. The van der Waals surface area contributed by atoms with Crippen molar-refractivity contribution in [3.63, 3.8) is 0 Å². The van der Waals surface area contributed by atoms with Crippen LogP contribution in [0.3, 0.4) is 0 Å². The van der Waals surface area contributed by atoms with E-state index < -0.39 is 24.0 Å². The number of hydrogen-bond donors (Lipinski definition) is 2. The normalized spacial score (nSPS) is 18.0. The van der Waals surface area contributed by atoms with Crippen molar-refractivity contribution in [1.29, 1.82) is 0 Å². The lowest BCUT2D eigenvalue weighted by molar-refractivity contribution is -0.142. The van der Waals surface area contributed by atoms with Gasteiger partial charge in [0.2, 0.25) is 5.91 Å². The smallest absolute Gasteiger partial charge is 0.326 e. The van der Waals surface area contributed by atoms with Crippen LogP contribution >= 0.6 is 0 Å². The molecule has 7 heteroatoms. The third kappa shape index (κ3) is 3.67. The Balaban J connectivity index is 2.22. The maximum atomic E-state index is 12.4. The summed E-state index contributed by atoms with van der Waals surface area (Å²) >= 11 is 0. The number of benzene rings is 1. The summed E-state index contributed by atoms with van der Waals surface area (Å²) in [4.78, 5) is 37.2. The average molecular weight is 334 g/mol. The van der Waals surface area contributed by atoms with Gasteiger partial charge >= 0.3 is 5.97 Å². The number of aliphatic carboxylic acids is 1. The molecule has 2 N–H and O–H groups in total. The van der Waals surface area contributed by atoms with Crippen molar-refractivity contribution >= 4 is 23.5 Å². The zero-order valence-corrected chi connectivity index (χ0v) is 14.2. The molecule has 0 fully saturated rings. The van der Waals surface area contributed by atoms with Gasteiger partial charge in [0.25, 0.3) is 5.91 Å². The molecule has 2 atom stereocenters. The summed E-state index contributed by atoms with van der Waals surface area (Å²) < 4.78 is 5.55. The number of rotatable bonds is 5. The molecule has 1 aliphatic heterocycles. The first-order chi connectivity index (χ1) is 11.2. The van der Waals surface area contributed by atoms with E-state index in [-0.39, 0.29) is 18.4 Å². The van der Waals surface area contributed by atoms with E-state index in [1.165, 1.54) is 4.90 Å². The van der Waals surface area contributed by atoms with E-state index in [1.807, 2.05) is 13.0 Å². The maximum Gasteiger partial charge on any atom is 0.326 e. The Morgan fingerprint density at radius 2 is 2.04 bits per heavy atom. The number of aryl methyl sites for hydroxylation is 1. The zero-order valence-electron chi connectivity index (χ0n) is 14.2. The van der Waals surface area contributed by atoms with Crippen molar-refractivity contribution in [3.8, 4) is 5.75 Å². The van der Waals surface area contributed by atoms with Gasteiger partial charge in [0.15, 0.2) is 6.10 Å². The predicted molar refractivity (Wildman–Crippen MR) is 88.0 cm³/mol. The van der Waals surface area contributed by atoms with Crippen LogP contribution in [0.25, 0.3) is 0 Å². The maximum absolute atomic E-state index is 12.4. The third-order valence-corrected chi connectivity index (χ3v) is 3.87. The quantitative estimate of drug-likeness (QED) is 0.847. The first kappa shape index (κ1) is 17.8. The molecule has 1 aromatic carbocycles. The van der Waals surface area contributed by atoms with Crippen LogP contribution in [0.1, 0.15) is 26.3 Å². The van der Waals surface area contributed by atoms with Gasteiger partial charge in [-0.3, -0.25) is 14.5 Å². The molecule has 2 amide bonds. The van der Waals surface area contributed by atoms with Gasteiger partial charge in [0.05, 0.1) is 5.69 Å². The molecule has 0 bridgehead atoms. The minimum atomic E-state index is -1.10. The molecule has 2 unspecified atom stereocenters. The van der Waals surface area contributed by atoms with Crippen molar-refractivity contribution < 1.29 is 24.2 Å². The van der Waals surface area contributed by atoms with Crippen LogP contribution in [0.15, 0.2) is 18.2 Å². The van der Waals surface area contributed by atoms with Crippen LogP contribution in [-0.2, 0) is 14.4 Å². The molecule has 0 saturated heterocycles. The van der Waals surface area contributed by atoms with Gasteiger partial charge in [-0.1, -0.05) is 19.9 Å². The fraction of sp³-hybridized carbons (Fsp3) is 0.471. The number of carbonyl (C=O) groups is 3. The lowest BCUT2D eigenvalue weighted by atomic mass is 10.0. The molecular weight excluding hydrogens is 312 g/mol. The van der Waals surface area contributed by atoms with Crippen molar-refractivity contribution in [2.75, 3.05) is 11.4 Å². The second kappa shape index (κ2) is 6.90. The zero-order chi connectivity index (χ0) is 18.0. The minimum absolute atomic E-state index is 0.251. The summed E-state index contributed by atoms with van der Waals surface area (Å²) in [6.07, 6.45) is -0.701. The molecule has 1 heterocycles. The van der Waals surface area contributed by atoms with Crippen LogP contribution in [0.2, 0.25) is 0 Å². The molecule has 1 aromatic rings. The topological polar surface area (TPSA) is 95.9 Å². The van der Waals surface area contributed by atoms with Crippen LogP contribution in [-0.4, -0.2) is 41.6 Å². The number of ether oxygens (including phenoxy) is 1. The largest absolute Gasteiger partial charge is 0.480 e. The highest BCUT2D eigenvalue weighted by Crippen LogP contribution is 2.34. The fourth-order valence-electron chi connectivity index (χ4n) is 2.56. The summed E-state index contributed by atoms with van der Waals surface area (Å²) in [6.45, 7) is 6.66. The van der Waals surface area contributed by atoms with Crippen molar-refractivity contribution in [2.45, 2.75) is 39.8 Å². The highest BCUT2D eigenvalue weighted by molar-refractivity contribution is 6.04. The van der Waals surface area contributed by atoms with Gasteiger partial charge in [0, 0.05) is 0 Å². The van der Waals surface area contributed by atoms with Crippen LogP contribution < -0.4 is 15.0 Å². The summed E-state index contributed by atoms with van der Waals surface area (Å²) in [5, 5.41) is 11.6. The van der Waals surface area contributed by atoms with Crippen LogP contribution in [0.4, 0.5) is 5.69 Å². The van der Waals surface area contributed by atoms with E-state index in [9.17, 15) is 19.5 Å². The summed E-state index contributed by atoms with van der Waals surface area (Å²) in [5.74, 6) is -1.69. The van der Waals surface area contributed by atoms with E-state index in [0.717, 1.165) is 5.56 Å². The van der Waals surface area contributed by atoms with Gasteiger partial charge < -0.3 is 15.2 Å². The Hall–Kier alpha value is -2.57. The first-order valence-corrected chi connectivity index (χ1v) is 7.81. The predicted octanol–water partition coefficient (Wildman–Crippen LogP) is 1.33. The van der Waals surface area contributed by atoms with E-state index in [4.69, 9.17) is 4.74 Å². The third-order valence-electron chi connectivity index (χ3n) is 3.87. The number of hydrogen-bond acceptors (Lipinski definition) is 4. The molecule has 0 aliphatic carbocycles. The number of carboxylic acids is 1. The lowest BCUT2D eigenvalue weighted by Gasteiger charge is -2.33. The Bertz CT molecular complexity index is 671. The van der Waals surface area contributed by atoms with Gasteiger partial charge in [-0.05, 0) is 37.5 Å². The molecule has 0 aromatic heterocycles. The van der Waals surface area contributed by atoms with Crippen LogP contribution in [0, 0.1) is 12.8 Å². The van der Waals surface area contributed by atoms with E-state index in [2.05, 4.69) is 5.32 Å². The van der Waals surface area contributed by atoms with Gasteiger partial charge in [-0.2, -0.15) is 0 Å². The van der Waals surface area contributed by atoms with E-state index in [0.29, 0.717) is 11.4 Å². The number of nitrogens with zero attached hydrogens (tertiary/aromatic N) is 1. The molecule has 7 nitrogen and oxygen atoms in total. The Morgan fingerprint density at radius 3 is 2.62 bits per heavy atom. The number of anilines is 1. The molecular formula is C17H22N2O5. The van der Waals surface area contributed by atoms with Gasteiger partial charge in [-0.25, -0.2) is 4.79 Å². The molecule has 1 aliphatic rings. The highest BCUT2D eigenvalue weighted by Gasteiger charge is 2.33. The van der Waals surface area contributed by atoms with Gasteiger partial charge in [0.1, 0.15) is 18.3 Å². The number of carboxylic acid groups (broad SMARTS) is 1. The standard InChI is InChI=1S/C17H22N2O5/c1-9(2)15(17(22)23)18-14(20)8-19-12-7-10(3)5-6-13(12)24-11(4)16(19)21/h5-7,9,11,15H,8H2,1-4H3,(H,18,20)(H,22,23). The Labute approximate surface area is 140 Å². The molecule has 0 spiro atoms. The number of fused-ring (bicyclic) bond motifs is 1. The average Bonchev–Trinajstić information content (AvgIpc) is 2.49. The lowest BCUT2D eigenvalue weighted by Crippen LogP contribution is -2.52. The fourth-order valence-corrected chi connectivity index (χ4v) is 2.56. The van der Waals surface area contributed by atoms with Crippen LogP contribution in [0.5, 0.6) is 5.75 Å². The molecule has 2 rings (SSSR count). The SMILES string of the molecule is Cc1ccc2c(c1)N(CC(=O)NC(C(=O)O)C(C)C)C(=O)C(C)O2. The van der Waals surface area contributed by atoms with Crippen molar-refractivity contribution in [2.24, 2.45) is 5.92 Å². The number of nitrogens with one attached hydrogen (secondary N) is 1. The van der Waals surface area contributed by atoms with E-state index >= 15 is 0 Å². The minimum Gasteiger partial charge on any atom is -0.480 e.